The quantitative estimate of drug-likeness (QED) is 0.411. The van der Waals surface area contributed by atoms with Gasteiger partial charge in [-0.2, -0.15) is 0 Å². The van der Waals surface area contributed by atoms with E-state index >= 15 is 0 Å². The third-order valence-corrected chi connectivity index (χ3v) is 3.15. The van der Waals surface area contributed by atoms with Gasteiger partial charge in [-0.05, 0) is 18.2 Å². The van der Waals surface area contributed by atoms with Crippen LogP contribution in [0.15, 0.2) is 45.6 Å². The maximum atomic E-state index is 12.6. The first-order valence-corrected chi connectivity index (χ1v) is 6.82. The van der Waals surface area contributed by atoms with Gasteiger partial charge in [-0.15, -0.1) is 0 Å². The van der Waals surface area contributed by atoms with Crippen molar-refractivity contribution >= 4 is 33.9 Å². The first-order valence-electron chi connectivity index (χ1n) is 6.82. The predicted octanol–water partition coefficient (Wildman–Crippen LogP) is 2.80. The molecule has 0 bridgehead atoms. The van der Waals surface area contributed by atoms with Crippen LogP contribution in [-0.2, 0) is 9.59 Å². The third kappa shape index (κ3) is 2.78. The van der Waals surface area contributed by atoms with Gasteiger partial charge in [0.1, 0.15) is 11.2 Å². The van der Waals surface area contributed by atoms with Crippen LogP contribution in [0.4, 0.5) is 0 Å². The highest BCUT2D eigenvalue weighted by atomic mass is 16.6. The number of fused-ring (bicyclic) bond motifs is 2. The molecule has 0 aliphatic heterocycles. The Morgan fingerprint density at radius 1 is 0.870 bits per heavy atom. The number of hydrogen-bond acceptors (Lipinski definition) is 6. The molecule has 0 aliphatic rings. The lowest BCUT2D eigenvalue weighted by atomic mass is 10.1. The number of esters is 2. The van der Waals surface area contributed by atoms with Gasteiger partial charge in [0.25, 0.3) is 0 Å². The first-order chi connectivity index (χ1) is 11.0. The summed E-state index contributed by atoms with van der Waals surface area (Å²) >= 11 is 0. The molecule has 0 amide bonds. The van der Waals surface area contributed by atoms with Crippen molar-refractivity contribution in [1.29, 1.82) is 0 Å². The van der Waals surface area contributed by atoms with Crippen molar-refractivity contribution in [3.63, 3.8) is 0 Å². The molecule has 0 spiro atoms. The van der Waals surface area contributed by atoms with Crippen molar-refractivity contribution < 1.29 is 23.5 Å². The molecular weight excluding hydrogens is 300 g/mol. The summed E-state index contributed by atoms with van der Waals surface area (Å²) in [4.78, 5) is 35.0. The summed E-state index contributed by atoms with van der Waals surface area (Å²) in [5.74, 6) is -1.18. The number of ether oxygens (including phenoxy) is 2. The smallest absolute Gasteiger partial charge is 0.308 e. The molecule has 6 nitrogen and oxygen atoms in total. The van der Waals surface area contributed by atoms with E-state index in [1.165, 1.54) is 26.0 Å². The van der Waals surface area contributed by atoms with Crippen molar-refractivity contribution in [3.8, 4) is 11.5 Å². The molecular formula is C17H12O6. The van der Waals surface area contributed by atoms with E-state index in [2.05, 4.69) is 0 Å². The first kappa shape index (κ1) is 14.8. The molecule has 3 aromatic rings. The summed E-state index contributed by atoms with van der Waals surface area (Å²) in [5.41, 5.74) is 0.393. The van der Waals surface area contributed by atoms with Gasteiger partial charge in [-0.1, -0.05) is 12.1 Å². The molecule has 1 heterocycles. The van der Waals surface area contributed by atoms with Crippen LogP contribution in [-0.4, -0.2) is 11.9 Å². The van der Waals surface area contributed by atoms with Crippen molar-refractivity contribution in [1.82, 2.24) is 0 Å². The molecule has 0 N–H and O–H groups in total. The largest absolute Gasteiger partial charge is 0.456 e. The maximum Gasteiger partial charge on any atom is 0.308 e. The van der Waals surface area contributed by atoms with E-state index in [9.17, 15) is 14.4 Å². The Hall–Kier alpha value is -3.15. The molecule has 6 heteroatoms. The number of para-hydroxylation sites is 1. The lowest BCUT2D eigenvalue weighted by molar-refractivity contribution is -0.134. The molecule has 0 saturated carbocycles. The van der Waals surface area contributed by atoms with Gasteiger partial charge in [0.15, 0.2) is 11.5 Å². The van der Waals surface area contributed by atoms with E-state index in [-0.39, 0.29) is 27.9 Å². The molecule has 0 unspecified atom stereocenters. The lowest BCUT2D eigenvalue weighted by Gasteiger charge is -2.10. The van der Waals surface area contributed by atoms with Crippen LogP contribution in [0, 0.1) is 0 Å². The number of benzene rings is 2. The fraction of sp³-hybridized carbons (Fsp3) is 0.118. The van der Waals surface area contributed by atoms with Gasteiger partial charge in [0, 0.05) is 19.9 Å². The number of carbonyl (C=O) groups is 2. The Bertz CT molecular complexity index is 999. The van der Waals surface area contributed by atoms with Crippen LogP contribution in [0.25, 0.3) is 21.9 Å². The molecule has 2 aromatic carbocycles. The summed E-state index contributed by atoms with van der Waals surface area (Å²) in [5, 5.41) is 0.643. The molecule has 0 saturated heterocycles. The zero-order chi connectivity index (χ0) is 16.6. The fourth-order valence-corrected chi connectivity index (χ4v) is 2.28. The highest BCUT2D eigenvalue weighted by molar-refractivity contribution is 5.92. The molecule has 0 atom stereocenters. The van der Waals surface area contributed by atoms with Gasteiger partial charge in [0.05, 0.1) is 10.8 Å². The SMILES string of the molecule is CC(=O)Oc1cc2oc3ccccc3c(=O)c2cc1OC(C)=O. The normalized spacial score (nSPS) is 10.7. The van der Waals surface area contributed by atoms with Crippen LogP contribution >= 0.6 is 0 Å². The highest BCUT2D eigenvalue weighted by Gasteiger charge is 2.16. The molecule has 0 aliphatic carbocycles. The molecule has 116 valence electrons. The summed E-state index contributed by atoms with van der Waals surface area (Å²) in [6.07, 6.45) is 0. The lowest BCUT2D eigenvalue weighted by Crippen LogP contribution is -2.09. The van der Waals surface area contributed by atoms with Gasteiger partial charge in [0.2, 0.25) is 5.43 Å². The second kappa shape index (κ2) is 5.57. The number of hydrogen-bond donors (Lipinski definition) is 0. The van der Waals surface area contributed by atoms with Gasteiger partial charge in [-0.25, -0.2) is 0 Å². The summed E-state index contributed by atoms with van der Waals surface area (Å²) in [7, 11) is 0. The van der Waals surface area contributed by atoms with E-state index in [1.807, 2.05) is 0 Å². The van der Waals surface area contributed by atoms with Gasteiger partial charge in [-0.3, -0.25) is 14.4 Å². The van der Waals surface area contributed by atoms with E-state index in [0.29, 0.717) is 11.0 Å². The van der Waals surface area contributed by atoms with Gasteiger partial charge >= 0.3 is 11.9 Å². The summed E-state index contributed by atoms with van der Waals surface area (Å²) in [6.45, 7) is 2.43. The van der Waals surface area contributed by atoms with E-state index in [4.69, 9.17) is 13.9 Å². The Morgan fingerprint density at radius 2 is 1.48 bits per heavy atom. The summed E-state index contributed by atoms with van der Waals surface area (Å²) in [6, 6.07) is 9.49. The molecule has 0 fully saturated rings. The second-order valence-electron chi connectivity index (χ2n) is 4.91. The Morgan fingerprint density at radius 3 is 2.13 bits per heavy atom. The van der Waals surface area contributed by atoms with Crippen LogP contribution in [0.3, 0.4) is 0 Å². The minimum absolute atomic E-state index is 0.0113. The predicted molar refractivity (Wildman–Crippen MR) is 82.6 cm³/mol. The minimum atomic E-state index is -0.595. The van der Waals surface area contributed by atoms with Gasteiger partial charge < -0.3 is 13.9 Å². The maximum absolute atomic E-state index is 12.6. The standard InChI is InChI=1S/C17H12O6/c1-9(18)21-15-7-12-14(8-16(15)22-10(2)19)23-13-6-4-3-5-11(13)17(12)20/h3-8H,1-2H3. The highest BCUT2D eigenvalue weighted by Crippen LogP contribution is 2.33. The van der Waals surface area contributed by atoms with E-state index < -0.39 is 11.9 Å². The second-order valence-corrected chi connectivity index (χ2v) is 4.91. The Balaban J connectivity index is 2.34. The Kier molecular flexibility index (Phi) is 3.57. The van der Waals surface area contributed by atoms with Crippen molar-refractivity contribution in [2.75, 3.05) is 0 Å². The van der Waals surface area contributed by atoms with Crippen molar-refractivity contribution in [3.05, 3.63) is 46.6 Å². The minimum Gasteiger partial charge on any atom is -0.456 e. The molecule has 23 heavy (non-hydrogen) atoms. The van der Waals surface area contributed by atoms with Crippen LogP contribution in [0.1, 0.15) is 13.8 Å². The fourth-order valence-electron chi connectivity index (χ4n) is 2.28. The topological polar surface area (TPSA) is 82.8 Å². The summed E-state index contributed by atoms with van der Waals surface area (Å²) < 4.78 is 15.7. The zero-order valence-corrected chi connectivity index (χ0v) is 12.4. The Labute approximate surface area is 130 Å². The molecule has 0 radical (unpaired) electrons. The van der Waals surface area contributed by atoms with E-state index in [0.717, 1.165) is 0 Å². The zero-order valence-electron chi connectivity index (χ0n) is 12.4. The van der Waals surface area contributed by atoms with Crippen molar-refractivity contribution in [2.45, 2.75) is 13.8 Å². The molecule has 1 aromatic heterocycles. The third-order valence-electron chi connectivity index (χ3n) is 3.15. The average molecular weight is 312 g/mol. The van der Waals surface area contributed by atoms with Crippen molar-refractivity contribution in [2.24, 2.45) is 0 Å². The van der Waals surface area contributed by atoms with E-state index in [1.54, 1.807) is 24.3 Å². The number of rotatable bonds is 2. The van der Waals surface area contributed by atoms with Crippen LogP contribution < -0.4 is 14.9 Å². The molecule has 3 rings (SSSR count). The van der Waals surface area contributed by atoms with Crippen LogP contribution in [0.5, 0.6) is 11.5 Å². The monoisotopic (exact) mass is 312 g/mol. The number of carbonyl (C=O) groups excluding carboxylic acids is 2. The average Bonchev–Trinajstić information content (AvgIpc) is 2.48. The van der Waals surface area contributed by atoms with Crippen LogP contribution in [0.2, 0.25) is 0 Å².